The zero-order valence-corrected chi connectivity index (χ0v) is 13.4. The third kappa shape index (κ3) is 3.60. The number of ether oxygens (including phenoxy) is 1. The molecule has 1 aromatic heterocycles. The number of aliphatic hydroxyl groups excluding tert-OH is 1. The van der Waals surface area contributed by atoms with Crippen LogP contribution in [0.15, 0.2) is 47.0 Å². The van der Waals surface area contributed by atoms with E-state index < -0.39 is 6.10 Å². The van der Waals surface area contributed by atoms with Crippen LogP contribution in [0.1, 0.15) is 23.1 Å². The predicted octanol–water partition coefficient (Wildman–Crippen LogP) is 3.60. The van der Waals surface area contributed by atoms with E-state index in [-0.39, 0.29) is 12.4 Å². The number of aliphatic hydroxyl groups is 1. The highest BCUT2D eigenvalue weighted by molar-refractivity contribution is 5.56. The number of aromatic nitrogens is 2. The van der Waals surface area contributed by atoms with E-state index in [2.05, 4.69) is 10.1 Å². The van der Waals surface area contributed by atoms with Gasteiger partial charge in [0.2, 0.25) is 11.7 Å². The predicted molar refractivity (Wildman–Crippen MR) is 86.1 cm³/mol. The first kappa shape index (κ1) is 16.1. The molecule has 0 fully saturated rings. The fraction of sp³-hybridized carbons (Fsp3) is 0.222. The van der Waals surface area contributed by atoms with Crippen molar-refractivity contribution in [2.24, 2.45) is 0 Å². The van der Waals surface area contributed by atoms with Crippen LogP contribution in [-0.2, 0) is 0 Å². The summed E-state index contributed by atoms with van der Waals surface area (Å²) in [7, 11) is 0. The smallest absolute Gasteiger partial charge is 0.223 e. The molecule has 3 rings (SSSR count). The number of hydrogen-bond acceptors (Lipinski definition) is 5. The number of hydrogen-bond donors (Lipinski definition) is 1. The number of aryl methyl sites for hydroxylation is 2. The third-order valence-electron chi connectivity index (χ3n) is 3.62. The van der Waals surface area contributed by atoms with Crippen molar-refractivity contribution < 1.29 is 18.8 Å². The highest BCUT2D eigenvalue weighted by atomic mass is 19.1. The molecule has 1 N–H and O–H groups in total. The van der Waals surface area contributed by atoms with Crippen molar-refractivity contribution in [2.45, 2.75) is 20.0 Å². The quantitative estimate of drug-likeness (QED) is 0.775. The zero-order chi connectivity index (χ0) is 17.1. The van der Waals surface area contributed by atoms with E-state index in [0.717, 1.165) is 5.56 Å². The Bertz CT molecular complexity index is 848. The lowest BCUT2D eigenvalue weighted by Crippen LogP contribution is -2.11. The van der Waals surface area contributed by atoms with E-state index >= 15 is 0 Å². The molecule has 3 aromatic rings. The normalized spacial score (nSPS) is 12.2. The second-order valence-corrected chi connectivity index (χ2v) is 5.49. The Kier molecular flexibility index (Phi) is 4.57. The lowest BCUT2D eigenvalue weighted by molar-refractivity contribution is 0.107. The van der Waals surface area contributed by atoms with E-state index in [1.807, 2.05) is 12.1 Å². The fourth-order valence-corrected chi connectivity index (χ4v) is 2.42. The van der Waals surface area contributed by atoms with E-state index in [1.54, 1.807) is 32.0 Å². The van der Waals surface area contributed by atoms with Crippen molar-refractivity contribution >= 4 is 0 Å². The summed E-state index contributed by atoms with van der Waals surface area (Å²) < 4.78 is 23.7. The van der Waals surface area contributed by atoms with Crippen LogP contribution in [0.2, 0.25) is 0 Å². The van der Waals surface area contributed by atoms with Crippen molar-refractivity contribution in [3.8, 4) is 17.1 Å². The van der Waals surface area contributed by atoms with Gasteiger partial charge in [0, 0.05) is 12.5 Å². The van der Waals surface area contributed by atoms with Crippen molar-refractivity contribution in [3.63, 3.8) is 0 Å². The molecular formula is C18H17FN2O3. The lowest BCUT2D eigenvalue weighted by Gasteiger charge is -2.15. The zero-order valence-electron chi connectivity index (χ0n) is 13.4. The van der Waals surface area contributed by atoms with Crippen LogP contribution in [0.25, 0.3) is 11.4 Å². The van der Waals surface area contributed by atoms with E-state index in [0.29, 0.717) is 28.6 Å². The van der Waals surface area contributed by atoms with Crippen LogP contribution in [0.3, 0.4) is 0 Å². The van der Waals surface area contributed by atoms with Gasteiger partial charge in [-0.1, -0.05) is 23.4 Å². The van der Waals surface area contributed by atoms with Crippen LogP contribution >= 0.6 is 0 Å². The highest BCUT2D eigenvalue weighted by Gasteiger charge is 2.13. The van der Waals surface area contributed by atoms with Crippen molar-refractivity contribution in [3.05, 3.63) is 65.3 Å². The van der Waals surface area contributed by atoms with Crippen molar-refractivity contribution in [1.29, 1.82) is 0 Å². The second kappa shape index (κ2) is 6.80. The maximum absolute atomic E-state index is 13.1. The van der Waals surface area contributed by atoms with Gasteiger partial charge in [0.25, 0.3) is 0 Å². The molecule has 1 atom stereocenters. The number of nitrogens with zero attached hydrogens (tertiary/aromatic N) is 2. The maximum Gasteiger partial charge on any atom is 0.223 e. The Morgan fingerprint density at radius 2 is 2.04 bits per heavy atom. The largest absolute Gasteiger partial charge is 0.491 e. The molecule has 0 spiro atoms. The molecule has 124 valence electrons. The Morgan fingerprint density at radius 1 is 1.21 bits per heavy atom. The summed E-state index contributed by atoms with van der Waals surface area (Å²) in [6.45, 7) is 3.53. The monoisotopic (exact) mass is 328 g/mol. The summed E-state index contributed by atoms with van der Waals surface area (Å²) in [5, 5.41) is 14.1. The van der Waals surface area contributed by atoms with Gasteiger partial charge in [-0.15, -0.1) is 0 Å². The Hall–Kier alpha value is -2.73. The first-order chi connectivity index (χ1) is 11.5. The van der Waals surface area contributed by atoms with Gasteiger partial charge < -0.3 is 14.4 Å². The molecule has 0 saturated heterocycles. The summed E-state index contributed by atoms with van der Waals surface area (Å²) in [5.41, 5.74) is 2.08. The molecule has 0 aliphatic heterocycles. The van der Waals surface area contributed by atoms with Crippen LogP contribution in [-0.4, -0.2) is 21.9 Å². The summed E-state index contributed by atoms with van der Waals surface area (Å²) in [5.74, 6) is 1.22. The van der Waals surface area contributed by atoms with Gasteiger partial charge >= 0.3 is 0 Å². The molecule has 2 aromatic carbocycles. The molecule has 0 radical (unpaired) electrons. The minimum absolute atomic E-state index is 0.0567. The van der Waals surface area contributed by atoms with Crippen molar-refractivity contribution in [1.82, 2.24) is 10.1 Å². The Labute approximate surface area is 138 Å². The van der Waals surface area contributed by atoms with Gasteiger partial charge in [-0.25, -0.2) is 4.39 Å². The molecule has 24 heavy (non-hydrogen) atoms. The second-order valence-electron chi connectivity index (χ2n) is 5.49. The lowest BCUT2D eigenvalue weighted by atomic mass is 10.0. The minimum atomic E-state index is -0.846. The number of halogens is 1. The average molecular weight is 328 g/mol. The molecule has 0 amide bonds. The minimum Gasteiger partial charge on any atom is -0.491 e. The van der Waals surface area contributed by atoms with Crippen LogP contribution in [0.5, 0.6) is 5.75 Å². The van der Waals surface area contributed by atoms with E-state index in [1.165, 1.54) is 12.1 Å². The molecule has 1 heterocycles. The van der Waals surface area contributed by atoms with Crippen molar-refractivity contribution in [2.75, 3.05) is 6.61 Å². The standard InChI is InChI=1S/C18H17FN2O3/c1-11-8-14(19)6-7-16(11)17(22)10-23-15-5-3-4-13(9-15)18-20-12(2)24-21-18/h3-9,17,22H,10H2,1-2H3. The highest BCUT2D eigenvalue weighted by Crippen LogP contribution is 2.24. The third-order valence-corrected chi connectivity index (χ3v) is 3.62. The molecule has 5 nitrogen and oxygen atoms in total. The summed E-state index contributed by atoms with van der Waals surface area (Å²) in [4.78, 5) is 4.17. The maximum atomic E-state index is 13.1. The number of rotatable bonds is 5. The van der Waals surface area contributed by atoms with E-state index in [4.69, 9.17) is 9.26 Å². The van der Waals surface area contributed by atoms with Gasteiger partial charge in [0.1, 0.15) is 24.3 Å². The number of benzene rings is 2. The van der Waals surface area contributed by atoms with Crippen LogP contribution in [0.4, 0.5) is 4.39 Å². The molecule has 0 aliphatic rings. The van der Waals surface area contributed by atoms with Gasteiger partial charge in [-0.05, 0) is 42.3 Å². The Balaban J connectivity index is 1.70. The molecule has 0 bridgehead atoms. The summed E-state index contributed by atoms with van der Waals surface area (Å²) in [6, 6.07) is 11.5. The molecule has 6 heteroatoms. The summed E-state index contributed by atoms with van der Waals surface area (Å²) >= 11 is 0. The molecule has 0 aliphatic carbocycles. The van der Waals surface area contributed by atoms with Gasteiger partial charge in [-0.2, -0.15) is 4.98 Å². The van der Waals surface area contributed by atoms with Gasteiger partial charge in [-0.3, -0.25) is 0 Å². The van der Waals surface area contributed by atoms with Gasteiger partial charge in [0.15, 0.2) is 0 Å². The first-order valence-corrected chi connectivity index (χ1v) is 7.50. The van der Waals surface area contributed by atoms with Gasteiger partial charge in [0.05, 0.1) is 0 Å². The summed E-state index contributed by atoms with van der Waals surface area (Å²) in [6.07, 6.45) is -0.846. The molecular weight excluding hydrogens is 311 g/mol. The van der Waals surface area contributed by atoms with Crippen LogP contribution < -0.4 is 4.74 Å². The molecule has 0 saturated carbocycles. The SMILES string of the molecule is Cc1nc(-c2cccc(OCC(O)c3ccc(F)cc3C)c2)no1. The first-order valence-electron chi connectivity index (χ1n) is 7.50. The fourth-order valence-electron chi connectivity index (χ4n) is 2.42. The van der Waals surface area contributed by atoms with Crippen LogP contribution in [0, 0.1) is 19.7 Å². The van der Waals surface area contributed by atoms with E-state index in [9.17, 15) is 9.50 Å². The Morgan fingerprint density at radius 3 is 2.75 bits per heavy atom. The topological polar surface area (TPSA) is 68.4 Å². The average Bonchev–Trinajstić information content (AvgIpc) is 2.99. The molecule has 1 unspecified atom stereocenters.